The summed E-state index contributed by atoms with van der Waals surface area (Å²) in [4.78, 5) is 16.7. The Morgan fingerprint density at radius 3 is 2.94 bits per heavy atom. The number of hydrogen-bond acceptors (Lipinski definition) is 3. The molecule has 0 spiro atoms. The van der Waals surface area contributed by atoms with Crippen molar-refractivity contribution in [3.05, 3.63) is 29.8 Å². The van der Waals surface area contributed by atoms with Gasteiger partial charge in [0.1, 0.15) is 0 Å². The summed E-state index contributed by atoms with van der Waals surface area (Å²) in [5.74, 6) is -1.03. The molecule has 4 nitrogen and oxygen atoms in total. The molecule has 1 heterocycles. The van der Waals surface area contributed by atoms with Gasteiger partial charge in [0.25, 0.3) is 5.91 Å². The van der Waals surface area contributed by atoms with Gasteiger partial charge in [-0.25, -0.2) is 4.39 Å². The van der Waals surface area contributed by atoms with Gasteiger partial charge in [0, 0.05) is 19.8 Å². The van der Waals surface area contributed by atoms with Gasteiger partial charge < -0.3 is 10.0 Å². The smallest absolute Gasteiger partial charge is 0.256 e. The van der Waals surface area contributed by atoms with E-state index in [4.69, 9.17) is 5.11 Å². The summed E-state index contributed by atoms with van der Waals surface area (Å²) in [6.07, 6.45) is 2.38. The predicted octanol–water partition coefficient (Wildman–Crippen LogP) is 1.06. The Labute approximate surface area is 93.7 Å². The summed E-state index contributed by atoms with van der Waals surface area (Å²) in [6, 6.07) is 1.34. The van der Waals surface area contributed by atoms with E-state index in [0.717, 1.165) is 6.20 Å². The van der Waals surface area contributed by atoms with E-state index in [-0.39, 0.29) is 5.56 Å². The first-order valence-electron chi connectivity index (χ1n) is 5.05. The fraction of sp³-hybridized carbons (Fsp3) is 0.455. The fourth-order valence-corrected chi connectivity index (χ4v) is 1.24. The third-order valence-corrected chi connectivity index (χ3v) is 2.23. The number of amides is 1. The maximum Gasteiger partial charge on any atom is 0.256 e. The number of carbonyl (C=O) groups excluding carboxylic acids is 1. The van der Waals surface area contributed by atoms with Crippen molar-refractivity contribution >= 4 is 5.91 Å². The molecule has 0 aliphatic carbocycles. The normalized spacial score (nSPS) is 12.2. The molecule has 0 aliphatic heterocycles. The van der Waals surface area contributed by atoms with E-state index in [0.29, 0.717) is 13.0 Å². The molecule has 1 aromatic heterocycles. The van der Waals surface area contributed by atoms with E-state index in [1.165, 1.54) is 17.2 Å². The monoisotopic (exact) mass is 226 g/mol. The number of rotatable bonds is 4. The van der Waals surface area contributed by atoms with Gasteiger partial charge in [0.2, 0.25) is 0 Å². The quantitative estimate of drug-likeness (QED) is 0.835. The van der Waals surface area contributed by atoms with Crippen molar-refractivity contribution in [2.75, 3.05) is 13.6 Å². The van der Waals surface area contributed by atoms with Crippen molar-refractivity contribution in [2.24, 2.45) is 0 Å². The van der Waals surface area contributed by atoms with Crippen molar-refractivity contribution in [1.29, 1.82) is 0 Å². The first kappa shape index (κ1) is 12.6. The van der Waals surface area contributed by atoms with Gasteiger partial charge in [0.15, 0.2) is 5.82 Å². The van der Waals surface area contributed by atoms with Gasteiger partial charge in [-0.2, -0.15) is 0 Å². The Balaban J connectivity index is 2.67. The SMILES string of the molecule is CC(O)CCN(C)C(=O)c1ccncc1F. The van der Waals surface area contributed by atoms with Crippen molar-refractivity contribution in [2.45, 2.75) is 19.4 Å². The number of hydrogen-bond donors (Lipinski definition) is 1. The molecule has 0 aliphatic rings. The molecule has 0 bridgehead atoms. The molecule has 1 rings (SSSR count). The molecule has 88 valence electrons. The van der Waals surface area contributed by atoms with Crippen molar-refractivity contribution in [1.82, 2.24) is 9.88 Å². The summed E-state index contributed by atoms with van der Waals surface area (Å²) in [5.41, 5.74) is 0.00286. The van der Waals surface area contributed by atoms with Gasteiger partial charge in [-0.15, -0.1) is 0 Å². The highest BCUT2D eigenvalue weighted by molar-refractivity contribution is 5.94. The third-order valence-electron chi connectivity index (χ3n) is 2.23. The van der Waals surface area contributed by atoms with E-state index in [1.807, 2.05) is 0 Å². The van der Waals surface area contributed by atoms with Crippen LogP contribution in [0, 0.1) is 5.82 Å². The molecule has 0 saturated heterocycles. The maximum atomic E-state index is 13.2. The van der Waals surface area contributed by atoms with E-state index in [2.05, 4.69) is 4.98 Å². The number of nitrogens with zero attached hydrogens (tertiary/aromatic N) is 2. The maximum absolute atomic E-state index is 13.2. The number of pyridine rings is 1. The molecule has 1 amide bonds. The average Bonchev–Trinajstić information content (AvgIpc) is 2.25. The lowest BCUT2D eigenvalue weighted by Gasteiger charge is -2.18. The van der Waals surface area contributed by atoms with E-state index in [9.17, 15) is 9.18 Å². The number of aromatic nitrogens is 1. The lowest BCUT2D eigenvalue weighted by atomic mass is 10.2. The van der Waals surface area contributed by atoms with Crippen LogP contribution in [0.15, 0.2) is 18.5 Å². The standard InChI is InChI=1S/C11H15FN2O2/c1-8(15)4-6-14(2)11(16)9-3-5-13-7-10(9)12/h3,5,7-8,15H,4,6H2,1-2H3. The second-order valence-electron chi connectivity index (χ2n) is 3.72. The number of carbonyl (C=O) groups is 1. The van der Waals surface area contributed by atoms with Gasteiger partial charge in [0.05, 0.1) is 17.9 Å². The van der Waals surface area contributed by atoms with E-state index in [1.54, 1.807) is 14.0 Å². The Morgan fingerprint density at radius 2 is 2.38 bits per heavy atom. The molecule has 16 heavy (non-hydrogen) atoms. The van der Waals surface area contributed by atoms with Crippen LogP contribution in [-0.4, -0.2) is 40.6 Å². The second kappa shape index (κ2) is 5.55. The minimum Gasteiger partial charge on any atom is -0.393 e. The minimum atomic E-state index is -0.628. The number of halogens is 1. The highest BCUT2D eigenvalue weighted by Gasteiger charge is 2.15. The average molecular weight is 226 g/mol. The molecule has 0 saturated carbocycles. The summed E-state index contributed by atoms with van der Waals surface area (Å²) < 4.78 is 13.2. The van der Waals surface area contributed by atoms with Crippen LogP contribution < -0.4 is 0 Å². The topological polar surface area (TPSA) is 53.4 Å². The lowest BCUT2D eigenvalue weighted by molar-refractivity contribution is 0.0764. The first-order valence-corrected chi connectivity index (χ1v) is 5.05. The molecule has 1 aromatic rings. The van der Waals surface area contributed by atoms with Gasteiger partial charge >= 0.3 is 0 Å². The second-order valence-corrected chi connectivity index (χ2v) is 3.72. The molecule has 1 atom stereocenters. The van der Waals surface area contributed by atoms with Crippen LogP contribution in [0.3, 0.4) is 0 Å². The van der Waals surface area contributed by atoms with Crippen LogP contribution >= 0.6 is 0 Å². The van der Waals surface area contributed by atoms with Crippen LogP contribution in [-0.2, 0) is 0 Å². The minimum absolute atomic E-state index is 0.00286. The van der Waals surface area contributed by atoms with Crippen LogP contribution in [0.1, 0.15) is 23.7 Å². The van der Waals surface area contributed by atoms with E-state index >= 15 is 0 Å². The third kappa shape index (κ3) is 3.27. The molecular weight excluding hydrogens is 211 g/mol. The molecule has 5 heteroatoms. The van der Waals surface area contributed by atoms with Crippen LogP contribution in [0.2, 0.25) is 0 Å². The van der Waals surface area contributed by atoms with Crippen LogP contribution in [0.4, 0.5) is 4.39 Å². The Hall–Kier alpha value is -1.49. The number of aliphatic hydroxyl groups excluding tert-OH is 1. The molecule has 0 radical (unpaired) electrons. The molecule has 0 fully saturated rings. The van der Waals surface area contributed by atoms with E-state index < -0.39 is 17.8 Å². The molecule has 1 N–H and O–H groups in total. The van der Waals surface area contributed by atoms with Crippen molar-refractivity contribution < 1.29 is 14.3 Å². The fourth-order valence-electron chi connectivity index (χ4n) is 1.24. The Bertz CT molecular complexity index is 369. The summed E-state index contributed by atoms with van der Waals surface area (Å²) in [6.45, 7) is 2.03. The van der Waals surface area contributed by atoms with Crippen molar-refractivity contribution in [3.8, 4) is 0 Å². The Kier molecular flexibility index (Phi) is 4.37. The first-order chi connectivity index (χ1) is 7.52. The predicted molar refractivity (Wildman–Crippen MR) is 57.5 cm³/mol. The summed E-state index contributed by atoms with van der Waals surface area (Å²) in [5, 5.41) is 9.09. The molecule has 0 aromatic carbocycles. The highest BCUT2D eigenvalue weighted by atomic mass is 19.1. The Morgan fingerprint density at radius 1 is 1.69 bits per heavy atom. The van der Waals surface area contributed by atoms with Gasteiger partial charge in [-0.1, -0.05) is 0 Å². The largest absolute Gasteiger partial charge is 0.393 e. The van der Waals surface area contributed by atoms with Crippen LogP contribution in [0.25, 0.3) is 0 Å². The van der Waals surface area contributed by atoms with Crippen LogP contribution in [0.5, 0.6) is 0 Å². The number of aliphatic hydroxyl groups is 1. The van der Waals surface area contributed by atoms with Crippen molar-refractivity contribution in [3.63, 3.8) is 0 Å². The summed E-state index contributed by atoms with van der Waals surface area (Å²) in [7, 11) is 1.57. The van der Waals surface area contributed by atoms with Gasteiger partial charge in [-0.3, -0.25) is 9.78 Å². The zero-order chi connectivity index (χ0) is 12.1. The zero-order valence-corrected chi connectivity index (χ0v) is 9.35. The molecule has 1 unspecified atom stereocenters. The summed E-state index contributed by atoms with van der Waals surface area (Å²) >= 11 is 0. The highest BCUT2D eigenvalue weighted by Crippen LogP contribution is 2.08. The lowest BCUT2D eigenvalue weighted by Crippen LogP contribution is -2.30. The van der Waals surface area contributed by atoms with Gasteiger partial charge in [-0.05, 0) is 19.4 Å². The zero-order valence-electron chi connectivity index (χ0n) is 9.35. The molecular formula is C11H15FN2O2.